The molecule has 0 aliphatic heterocycles. The molecule has 0 radical (unpaired) electrons. The van der Waals surface area contributed by atoms with Crippen molar-refractivity contribution in [2.24, 2.45) is 0 Å². The number of alkyl halides is 2. The predicted octanol–water partition coefficient (Wildman–Crippen LogP) is 5.02. The van der Waals surface area contributed by atoms with E-state index in [-0.39, 0.29) is 23.4 Å². The molecule has 0 bridgehead atoms. The summed E-state index contributed by atoms with van der Waals surface area (Å²) in [6.07, 6.45) is -1.08. The zero-order valence-corrected chi connectivity index (χ0v) is 14.7. The van der Waals surface area contributed by atoms with Crippen LogP contribution in [-0.2, 0) is 5.41 Å². The highest BCUT2D eigenvalue weighted by Gasteiger charge is 2.37. The number of halogens is 3. The Balaban J connectivity index is 2.35. The zero-order valence-electron chi connectivity index (χ0n) is 14.7. The number of aryl methyl sites for hydroxylation is 2. The fraction of sp³-hybridized carbons (Fsp3) is 0.368. The molecule has 1 heterocycles. The Morgan fingerprint density at radius 2 is 1.96 bits per heavy atom. The predicted molar refractivity (Wildman–Crippen MR) is 91.7 cm³/mol. The van der Waals surface area contributed by atoms with Gasteiger partial charge in [-0.2, -0.15) is 0 Å². The summed E-state index contributed by atoms with van der Waals surface area (Å²) in [4.78, 5) is 16.5. The molecule has 6 heteroatoms. The molecule has 1 aromatic carbocycles. The third kappa shape index (κ3) is 3.83. The zero-order chi connectivity index (χ0) is 18.8. The van der Waals surface area contributed by atoms with Crippen LogP contribution in [0.3, 0.4) is 0 Å². The molecule has 0 unspecified atom stereocenters. The van der Waals surface area contributed by atoms with E-state index in [4.69, 9.17) is 0 Å². The summed E-state index contributed by atoms with van der Waals surface area (Å²) in [6, 6.07) is 5.54. The summed E-state index contributed by atoms with van der Waals surface area (Å²) in [6.45, 7) is 6.52. The largest absolute Gasteiger partial charge is 0.321 e. The van der Waals surface area contributed by atoms with Gasteiger partial charge in [0.1, 0.15) is 11.5 Å². The molecule has 134 valence electrons. The maximum absolute atomic E-state index is 14.1. The topological polar surface area (TPSA) is 42.0 Å². The van der Waals surface area contributed by atoms with Gasteiger partial charge in [-0.25, -0.2) is 13.2 Å². The second kappa shape index (κ2) is 7.25. The number of nitrogens with one attached hydrogen (secondary N) is 1. The third-order valence-corrected chi connectivity index (χ3v) is 4.49. The number of carbonyl (C=O) groups is 1. The van der Waals surface area contributed by atoms with Crippen molar-refractivity contribution in [3.8, 4) is 0 Å². The van der Waals surface area contributed by atoms with E-state index < -0.39 is 23.6 Å². The molecular formula is C19H21F3N2O. The summed E-state index contributed by atoms with van der Waals surface area (Å²) in [7, 11) is 0. The molecule has 0 fully saturated rings. The van der Waals surface area contributed by atoms with E-state index in [0.29, 0.717) is 5.56 Å². The number of amides is 1. The van der Waals surface area contributed by atoms with Crippen molar-refractivity contribution >= 4 is 11.6 Å². The third-order valence-electron chi connectivity index (χ3n) is 4.49. The van der Waals surface area contributed by atoms with Crippen LogP contribution in [0.4, 0.5) is 18.9 Å². The van der Waals surface area contributed by atoms with Gasteiger partial charge in [-0.15, -0.1) is 0 Å². The Morgan fingerprint density at radius 3 is 2.52 bits per heavy atom. The first-order chi connectivity index (χ1) is 11.7. The van der Waals surface area contributed by atoms with Gasteiger partial charge >= 0.3 is 0 Å². The summed E-state index contributed by atoms with van der Waals surface area (Å²) < 4.78 is 41.0. The first-order valence-electron chi connectivity index (χ1n) is 8.01. The highest BCUT2D eigenvalue weighted by Crippen LogP contribution is 2.37. The molecule has 2 rings (SSSR count). The van der Waals surface area contributed by atoms with E-state index in [2.05, 4.69) is 10.3 Å². The monoisotopic (exact) mass is 350 g/mol. The van der Waals surface area contributed by atoms with E-state index in [9.17, 15) is 18.0 Å². The van der Waals surface area contributed by atoms with E-state index >= 15 is 0 Å². The number of hydrogen-bond acceptors (Lipinski definition) is 2. The van der Waals surface area contributed by atoms with Crippen molar-refractivity contribution in [2.75, 3.05) is 5.32 Å². The average molecular weight is 350 g/mol. The van der Waals surface area contributed by atoms with Gasteiger partial charge in [0.15, 0.2) is 0 Å². The van der Waals surface area contributed by atoms with Gasteiger partial charge in [0.2, 0.25) is 6.43 Å². The molecule has 25 heavy (non-hydrogen) atoms. The molecule has 1 aromatic heterocycles. The maximum Gasteiger partial charge on any atom is 0.274 e. The van der Waals surface area contributed by atoms with Gasteiger partial charge in [-0.05, 0) is 56.5 Å². The van der Waals surface area contributed by atoms with Crippen molar-refractivity contribution in [2.45, 2.75) is 46.0 Å². The molecule has 0 saturated carbocycles. The van der Waals surface area contributed by atoms with E-state index in [1.807, 2.05) is 13.0 Å². The lowest BCUT2D eigenvalue weighted by Crippen LogP contribution is -2.31. The summed E-state index contributed by atoms with van der Waals surface area (Å²) in [5.74, 6) is -1.18. The molecule has 0 saturated heterocycles. The van der Waals surface area contributed by atoms with Gasteiger partial charge in [0.05, 0.1) is 5.41 Å². The van der Waals surface area contributed by atoms with Gasteiger partial charge in [0, 0.05) is 17.4 Å². The van der Waals surface area contributed by atoms with Crippen LogP contribution in [0.15, 0.2) is 30.5 Å². The molecule has 1 N–H and O–H groups in total. The fourth-order valence-electron chi connectivity index (χ4n) is 2.65. The number of aromatic nitrogens is 1. The molecular weight excluding hydrogens is 329 g/mol. The van der Waals surface area contributed by atoms with Crippen LogP contribution in [0.25, 0.3) is 0 Å². The van der Waals surface area contributed by atoms with Crippen LogP contribution in [0, 0.1) is 19.7 Å². The smallest absolute Gasteiger partial charge is 0.274 e. The van der Waals surface area contributed by atoms with Crippen LogP contribution in [-0.4, -0.2) is 17.3 Å². The molecule has 2 aromatic rings. The Bertz CT molecular complexity index is 792. The lowest BCUT2D eigenvalue weighted by Gasteiger charge is -2.28. The van der Waals surface area contributed by atoms with Crippen LogP contribution in [0.5, 0.6) is 0 Å². The van der Waals surface area contributed by atoms with Gasteiger partial charge in [-0.3, -0.25) is 9.78 Å². The minimum Gasteiger partial charge on any atom is -0.321 e. The van der Waals surface area contributed by atoms with Gasteiger partial charge in [-0.1, -0.05) is 13.0 Å². The second-order valence-electron chi connectivity index (χ2n) is 6.40. The van der Waals surface area contributed by atoms with Crippen molar-refractivity contribution in [3.63, 3.8) is 0 Å². The van der Waals surface area contributed by atoms with Crippen molar-refractivity contribution in [1.82, 2.24) is 4.98 Å². The SMILES string of the molecule is CC[C@](C)(c1cc(NC(=O)c2ncc(C)cc2C)ccc1F)C(F)F. The number of nitrogens with zero attached hydrogens (tertiary/aromatic N) is 1. The Hall–Kier alpha value is -2.37. The number of benzene rings is 1. The summed E-state index contributed by atoms with van der Waals surface area (Å²) >= 11 is 0. The average Bonchev–Trinajstić information content (AvgIpc) is 2.55. The molecule has 3 nitrogen and oxygen atoms in total. The van der Waals surface area contributed by atoms with E-state index in [1.54, 1.807) is 20.0 Å². The number of hydrogen-bond donors (Lipinski definition) is 1. The second-order valence-corrected chi connectivity index (χ2v) is 6.40. The molecule has 0 aliphatic carbocycles. The molecule has 1 amide bonds. The van der Waals surface area contributed by atoms with E-state index in [1.165, 1.54) is 19.1 Å². The standard InChI is InChI=1S/C19H21F3N2O/c1-5-19(4,18(21)22)14-9-13(6-7-15(14)20)24-17(25)16-12(3)8-11(2)10-23-16/h6-10,18H,5H2,1-4H3,(H,24,25)/t19-/m1/s1. The fourth-order valence-corrected chi connectivity index (χ4v) is 2.65. The molecule has 0 spiro atoms. The summed E-state index contributed by atoms with van der Waals surface area (Å²) in [5.41, 5.74) is 0.381. The van der Waals surface area contributed by atoms with Crippen LogP contribution in [0.1, 0.15) is 47.4 Å². The highest BCUT2D eigenvalue weighted by atomic mass is 19.3. The normalized spacial score (nSPS) is 13.6. The number of pyridine rings is 1. The van der Waals surface area contributed by atoms with Crippen molar-refractivity contribution in [3.05, 3.63) is 58.7 Å². The Kier molecular flexibility index (Phi) is 5.50. The summed E-state index contributed by atoms with van der Waals surface area (Å²) in [5, 5.41) is 2.61. The molecule has 1 atom stereocenters. The Labute approximate surface area is 145 Å². The van der Waals surface area contributed by atoms with Crippen molar-refractivity contribution in [1.29, 1.82) is 0 Å². The first-order valence-corrected chi connectivity index (χ1v) is 8.01. The van der Waals surface area contributed by atoms with Crippen LogP contribution in [0.2, 0.25) is 0 Å². The van der Waals surface area contributed by atoms with Crippen LogP contribution >= 0.6 is 0 Å². The lowest BCUT2D eigenvalue weighted by atomic mass is 9.80. The van der Waals surface area contributed by atoms with Gasteiger partial charge < -0.3 is 5.32 Å². The number of carbonyl (C=O) groups excluding carboxylic acids is 1. The van der Waals surface area contributed by atoms with Gasteiger partial charge in [0.25, 0.3) is 5.91 Å². The quantitative estimate of drug-likeness (QED) is 0.822. The van der Waals surface area contributed by atoms with Crippen molar-refractivity contribution < 1.29 is 18.0 Å². The van der Waals surface area contributed by atoms with Crippen LogP contribution < -0.4 is 5.32 Å². The number of rotatable bonds is 5. The minimum atomic E-state index is -2.72. The number of anilines is 1. The van der Waals surface area contributed by atoms with E-state index in [0.717, 1.165) is 11.6 Å². The molecule has 0 aliphatic rings. The Morgan fingerprint density at radius 1 is 1.28 bits per heavy atom. The lowest BCUT2D eigenvalue weighted by molar-refractivity contribution is 0.0546. The maximum atomic E-state index is 14.1. The first kappa shape index (κ1) is 19.0. The minimum absolute atomic E-state index is 0.0671. The highest BCUT2D eigenvalue weighted by molar-refractivity contribution is 6.03.